The van der Waals surface area contributed by atoms with Crippen LogP contribution >= 0.6 is 15.9 Å². The van der Waals surface area contributed by atoms with E-state index in [2.05, 4.69) is 262 Å². The summed E-state index contributed by atoms with van der Waals surface area (Å²) in [4.78, 5) is 4.72. The molecule has 3 heteroatoms. The molecule has 0 N–H and O–H groups in total. The third kappa shape index (κ3) is 6.21. The Kier molecular flexibility index (Phi) is 9.29. The molecule has 0 bridgehead atoms. The maximum absolute atomic E-state index is 3.98. The first-order chi connectivity index (χ1) is 28.7. The lowest BCUT2D eigenvalue weighted by Crippen LogP contribution is -2.28. The topological polar surface area (TPSA) is 6.48 Å². The van der Waals surface area contributed by atoms with E-state index in [-0.39, 0.29) is 0 Å². The minimum atomic E-state index is -0.509. The van der Waals surface area contributed by atoms with Crippen LogP contribution in [-0.4, -0.2) is 0 Å². The molecule has 10 rings (SSSR count). The fourth-order valence-electron chi connectivity index (χ4n) is 8.87. The molecular weight excluding hydrogens is 769 g/mol. The van der Waals surface area contributed by atoms with Gasteiger partial charge in [-0.2, -0.15) is 0 Å². The van der Waals surface area contributed by atoms with Gasteiger partial charge in [0.05, 0.1) is 5.41 Å². The molecule has 0 atom stereocenters. The zero-order valence-electron chi connectivity index (χ0n) is 31.8. The summed E-state index contributed by atoms with van der Waals surface area (Å²) in [6, 6.07) is 85.5. The van der Waals surface area contributed by atoms with E-state index in [1.165, 1.54) is 44.5 Å². The Balaban J connectivity index is 1.17. The quantitative estimate of drug-likeness (QED) is 0.143. The molecule has 58 heavy (non-hydrogen) atoms. The van der Waals surface area contributed by atoms with Gasteiger partial charge in [-0.3, -0.25) is 0 Å². The smallest absolute Gasteiger partial charge is 0.0714 e. The maximum Gasteiger partial charge on any atom is 0.0714 e. The van der Waals surface area contributed by atoms with Gasteiger partial charge >= 0.3 is 0 Å². The monoisotopic (exact) mass is 806 g/mol. The molecule has 1 aliphatic carbocycles. The standard InChI is InChI=1S/C55H39BrN2/c56-44-36-49(57(45-24-12-4-13-25-45)47-32-30-41(31-33-47)40-18-6-1-7-19-40)38-50(37-44)58(46-26-14-5-15-27-46)48-34-35-52-51-28-16-17-29-53(51)55(54(52)39-48,42-20-8-2-9-21-42)43-22-10-3-11-23-43/h1-39H. The van der Waals surface area contributed by atoms with E-state index in [0.717, 1.165) is 38.6 Å². The van der Waals surface area contributed by atoms with E-state index in [4.69, 9.17) is 0 Å². The lowest BCUT2D eigenvalue weighted by atomic mass is 9.67. The zero-order chi connectivity index (χ0) is 38.9. The molecular formula is C55H39BrN2. The first-order valence-corrected chi connectivity index (χ1v) is 20.5. The minimum Gasteiger partial charge on any atom is -0.310 e. The number of benzene rings is 9. The van der Waals surface area contributed by atoms with E-state index in [0.29, 0.717) is 0 Å². The largest absolute Gasteiger partial charge is 0.310 e. The lowest BCUT2D eigenvalue weighted by Gasteiger charge is -2.35. The summed E-state index contributed by atoms with van der Waals surface area (Å²) < 4.78 is 0.985. The fraction of sp³-hybridized carbons (Fsp3) is 0.0182. The Labute approximate surface area is 349 Å². The highest BCUT2D eigenvalue weighted by Gasteiger charge is 2.46. The van der Waals surface area contributed by atoms with Gasteiger partial charge in [0, 0.05) is 38.6 Å². The SMILES string of the molecule is Brc1cc(N(c2ccccc2)c2ccc(-c3ccccc3)cc2)cc(N(c2ccccc2)c2ccc3c(c2)C(c2ccccc2)(c2ccccc2)c2ccccc2-3)c1. The van der Waals surface area contributed by atoms with Crippen molar-refractivity contribution in [1.29, 1.82) is 0 Å². The van der Waals surface area contributed by atoms with Gasteiger partial charge in [-0.15, -0.1) is 0 Å². The van der Waals surface area contributed by atoms with Gasteiger partial charge in [0.15, 0.2) is 0 Å². The van der Waals surface area contributed by atoms with Crippen molar-refractivity contribution in [3.8, 4) is 22.3 Å². The molecule has 0 amide bonds. The average Bonchev–Trinajstić information content (AvgIpc) is 3.59. The van der Waals surface area contributed by atoms with Gasteiger partial charge < -0.3 is 9.80 Å². The van der Waals surface area contributed by atoms with Crippen LogP contribution in [0.15, 0.2) is 241 Å². The predicted octanol–water partition coefficient (Wildman–Crippen LogP) is 15.4. The number of fused-ring (bicyclic) bond motifs is 3. The molecule has 0 saturated heterocycles. The third-order valence-corrected chi connectivity index (χ3v) is 11.8. The van der Waals surface area contributed by atoms with Crippen molar-refractivity contribution in [2.24, 2.45) is 0 Å². The fourth-order valence-corrected chi connectivity index (χ4v) is 9.34. The Bertz CT molecular complexity index is 2780. The van der Waals surface area contributed by atoms with E-state index >= 15 is 0 Å². The minimum absolute atomic E-state index is 0.509. The molecule has 0 aliphatic heterocycles. The predicted molar refractivity (Wildman–Crippen MR) is 246 cm³/mol. The molecule has 0 unspecified atom stereocenters. The van der Waals surface area contributed by atoms with Crippen LogP contribution in [0.3, 0.4) is 0 Å². The third-order valence-electron chi connectivity index (χ3n) is 11.3. The number of para-hydroxylation sites is 2. The first-order valence-electron chi connectivity index (χ1n) is 19.7. The van der Waals surface area contributed by atoms with E-state index in [9.17, 15) is 0 Å². The molecule has 0 radical (unpaired) electrons. The van der Waals surface area contributed by atoms with E-state index in [1.54, 1.807) is 0 Å². The number of hydrogen-bond donors (Lipinski definition) is 0. The van der Waals surface area contributed by atoms with Gasteiger partial charge in [-0.25, -0.2) is 0 Å². The number of hydrogen-bond acceptors (Lipinski definition) is 2. The molecule has 0 aromatic heterocycles. The number of nitrogens with zero attached hydrogens (tertiary/aromatic N) is 2. The first kappa shape index (κ1) is 35.5. The van der Waals surface area contributed by atoms with Gasteiger partial charge in [-0.1, -0.05) is 186 Å². The number of halogens is 1. The van der Waals surface area contributed by atoms with Crippen LogP contribution in [0.4, 0.5) is 34.1 Å². The molecule has 0 heterocycles. The van der Waals surface area contributed by atoms with Crippen LogP contribution in [0.2, 0.25) is 0 Å². The highest BCUT2D eigenvalue weighted by Crippen LogP contribution is 2.57. The van der Waals surface area contributed by atoms with Gasteiger partial charge in [0.25, 0.3) is 0 Å². The second-order valence-corrected chi connectivity index (χ2v) is 15.6. The summed E-state index contributed by atoms with van der Waals surface area (Å²) in [5, 5.41) is 0. The van der Waals surface area contributed by atoms with Crippen molar-refractivity contribution in [3.63, 3.8) is 0 Å². The summed E-state index contributed by atoms with van der Waals surface area (Å²) in [6.07, 6.45) is 0. The molecule has 9 aromatic rings. The Morgan fingerprint density at radius 2 is 0.707 bits per heavy atom. The number of rotatable bonds is 9. The van der Waals surface area contributed by atoms with Crippen molar-refractivity contribution in [2.75, 3.05) is 9.80 Å². The normalized spacial score (nSPS) is 12.4. The van der Waals surface area contributed by atoms with Crippen LogP contribution in [0, 0.1) is 0 Å². The number of anilines is 6. The Hall–Kier alpha value is -6.94. The van der Waals surface area contributed by atoms with Crippen molar-refractivity contribution in [1.82, 2.24) is 0 Å². The summed E-state index contributed by atoms with van der Waals surface area (Å²) in [5.74, 6) is 0. The summed E-state index contributed by atoms with van der Waals surface area (Å²) in [7, 11) is 0. The van der Waals surface area contributed by atoms with Gasteiger partial charge in [0.2, 0.25) is 0 Å². The van der Waals surface area contributed by atoms with Crippen molar-refractivity contribution < 1.29 is 0 Å². The van der Waals surface area contributed by atoms with Gasteiger partial charge in [0.1, 0.15) is 0 Å². The zero-order valence-corrected chi connectivity index (χ0v) is 33.4. The van der Waals surface area contributed by atoms with Crippen LogP contribution < -0.4 is 9.80 Å². The van der Waals surface area contributed by atoms with Crippen molar-refractivity contribution >= 4 is 50.1 Å². The Morgan fingerprint density at radius 3 is 1.28 bits per heavy atom. The van der Waals surface area contributed by atoms with Crippen molar-refractivity contribution in [2.45, 2.75) is 5.41 Å². The lowest BCUT2D eigenvalue weighted by molar-refractivity contribution is 0.768. The highest BCUT2D eigenvalue weighted by atomic mass is 79.9. The summed E-state index contributed by atoms with van der Waals surface area (Å²) in [6.45, 7) is 0. The second kappa shape index (κ2) is 15.2. The molecule has 2 nitrogen and oxygen atoms in total. The van der Waals surface area contributed by atoms with E-state index in [1.807, 2.05) is 0 Å². The van der Waals surface area contributed by atoms with Crippen LogP contribution in [0.1, 0.15) is 22.3 Å². The molecule has 0 spiro atoms. The second-order valence-electron chi connectivity index (χ2n) is 14.7. The summed E-state index contributed by atoms with van der Waals surface area (Å²) in [5.41, 5.74) is 15.8. The van der Waals surface area contributed by atoms with Gasteiger partial charge in [-0.05, 0) is 111 Å². The Morgan fingerprint density at radius 1 is 0.293 bits per heavy atom. The summed E-state index contributed by atoms with van der Waals surface area (Å²) >= 11 is 3.98. The maximum atomic E-state index is 3.98. The molecule has 1 aliphatic rings. The molecule has 276 valence electrons. The highest BCUT2D eigenvalue weighted by molar-refractivity contribution is 9.10. The molecule has 9 aromatic carbocycles. The van der Waals surface area contributed by atoms with Crippen LogP contribution in [-0.2, 0) is 5.41 Å². The van der Waals surface area contributed by atoms with E-state index < -0.39 is 5.41 Å². The van der Waals surface area contributed by atoms with Crippen molar-refractivity contribution in [3.05, 3.63) is 263 Å². The van der Waals surface area contributed by atoms with Crippen LogP contribution in [0.25, 0.3) is 22.3 Å². The molecule has 0 saturated carbocycles. The average molecular weight is 808 g/mol. The molecule has 0 fully saturated rings. The van der Waals surface area contributed by atoms with Crippen LogP contribution in [0.5, 0.6) is 0 Å².